The summed E-state index contributed by atoms with van der Waals surface area (Å²) in [5.41, 5.74) is 1.32. The van der Waals surface area contributed by atoms with E-state index in [-0.39, 0.29) is 18.3 Å². The lowest BCUT2D eigenvalue weighted by atomic mass is 10.1. The van der Waals surface area contributed by atoms with Gasteiger partial charge >= 0.3 is 0 Å². The minimum atomic E-state index is -0.593. The molecule has 1 atom stereocenters. The molecule has 1 amide bonds. The number of aromatic nitrogens is 3. The van der Waals surface area contributed by atoms with Crippen molar-refractivity contribution in [3.05, 3.63) is 101 Å². The first-order valence-corrected chi connectivity index (χ1v) is 11.3. The molecule has 1 heterocycles. The molecule has 0 radical (unpaired) electrons. The highest BCUT2D eigenvalue weighted by Gasteiger charge is 2.25. The predicted octanol–water partition coefficient (Wildman–Crippen LogP) is 5.66. The van der Waals surface area contributed by atoms with Crippen LogP contribution in [0.25, 0.3) is 0 Å². The number of amides is 1. The van der Waals surface area contributed by atoms with E-state index in [2.05, 4.69) is 15.5 Å². The van der Waals surface area contributed by atoms with Gasteiger partial charge in [-0.25, -0.2) is 4.39 Å². The fourth-order valence-electron chi connectivity index (χ4n) is 3.00. The number of hydrogen-bond donors (Lipinski definition) is 1. The van der Waals surface area contributed by atoms with E-state index in [1.165, 1.54) is 36.0 Å². The summed E-state index contributed by atoms with van der Waals surface area (Å²) in [6, 6.07) is 22.1. The first kappa shape index (κ1) is 22.8. The number of ether oxygens (including phenoxy) is 1. The van der Waals surface area contributed by atoms with Gasteiger partial charge in [0.05, 0.1) is 0 Å². The number of nitrogens with one attached hydrogen (secondary N) is 1. The molecule has 4 rings (SSSR count). The molecule has 0 unspecified atom stereocenters. The van der Waals surface area contributed by atoms with Gasteiger partial charge in [-0.05, 0) is 54.1 Å². The largest absolute Gasteiger partial charge is 0.486 e. The van der Waals surface area contributed by atoms with Crippen molar-refractivity contribution in [1.29, 1.82) is 0 Å². The van der Waals surface area contributed by atoms with Gasteiger partial charge in [-0.15, -0.1) is 10.2 Å². The second kappa shape index (κ2) is 10.5. The smallest absolute Gasteiger partial charge is 0.242 e. The van der Waals surface area contributed by atoms with Gasteiger partial charge in [-0.1, -0.05) is 53.7 Å². The molecular weight excluding hydrogens is 463 g/mol. The van der Waals surface area contributed by atoms with Gasteiger partial charge in [0.2, 0.25) is 5.91 Å². The SMILES string of the molecule is Cn1c(COc2ccc(Cl)cc2)nnc1S[C@H](C(=O)Nc1ccc(F)cc1)c1ccccc1. The topological polar surface area (TPSA) is 69.0 Å². The third kappa shape index (κ3) is 5.91. The van der Waals surface area contributed by atoms with Crippen LogP contribution in [0.15, 0.2) is 84.0 Å². The number of thioether (sulfide) groups is 1. The maximum atomic E-state index is 13.2. The highest BCUT2D eigenvalue weighted by molar-refractivity contribution is 8.00. The van der Waals surface area contributed by atoms with Crippen LogP contribution in [0.2, 0.25) is 5.02 Å². The molecule has 9 heteroatoms. The van der Waals surface area contributed by atoms with Crippen molar-refractivity contribution in [3.63, 3.8) is 0 Å². The van der Waals surface area contributed by atoms with Gasteiger partial charge in [-0.2, -0.15) is 0 Å². The van der Waals surface area contributed by atoms with Crippen LogP contribution >= 0.6 is 23.4 Å². The van der Waals surface area contributed by atoms with Crippen molar-refractivity contribution in [2.45, 2.75) is 17.0 Å². The second-order valence-electron chi connectivity index (χ2n) is 7.11. The summed E-state index contributed by atoms with van der Waals surface area (Å²) in [6.07, 6.45) is 0. The van der Waals surface area contributed by atoms with Crippen LogP contribution < -0.4 is 10.1 Å². The van der Waals surface area contributed by atoms with Crippen LogP contribution in [-0.2, 0) is 18.4 Å². The van der Waals surface area contributed by atoms with E-state index in [1.54, 1.807) is 28.8 Å². The van der Waals surface area contributed by atoms with Gasteiger partial charge in [0.25, 0.3) is 0 Å². The zero-order chi connectivity index (χ0) is 23.2. The minimum absolute atomic E-state index is 0.212. The third-order valence-electron chi connectivity index (χ3n) is 4.78. The zero-order valence-corrected chi connectivity index (χ0v) is 19.2. The van der Waals surface area contributed by atoms with Crippen molar-refractivity contribution < 1.29 is 13.9 Å². The molecular formula is C24H20ClFN4O2S. The summed E-state index contributed by atoms with van der Waals surface area (Å²) in [5, 5.41) is 11.9. The average molecular weight is 483 g/mol. The summed E-state index contributed by atoms with van der Waals surface area (Å²) >= 11 is 7.18. The Labute approximate surface area is 199 Å². The predicted molar refractivity (Wildman–Crippen MR) is 127 cm³/mol. The Kier molecular flexibility index (Phi) is 7.26. The molecule has 33 heavy (non-hydrogen) atoms. The van der Waals surface area contributed by atoms with Gasteiger partial charge in [0, 0.05) is 17.8 Å². The monoisotopic (exact) mass is 482 g/mol. The van der Waals surface area contributed by atoms with E-state index in [9.17, 15) is 9.18 Å². The number of anilines is 1. The fraction of sp³-hybridized carbons (Fsp3) is 0.125. The molecule has 0 aliphatic heterocycles. The van der Waals surface area contributed by atoms with E-state index in [4.69, 9.17) is 16.3 Å². The first-order valence-electron chi connectivity index (χ1n) is 10.0. The van der Waals surface area contributed by atoms with Gasteiger partial charge in [-0.3, -0.25) is 4.79 Å². The van der Waals surface area contributed by atoms with E-state index >= 15 is 0 Å². The van der Waals surface area contributed by atoms with Crippen LogP contribution in [0.5, 0.6) is 5.75 Å². The van der Waals surface area contributed by atoms with Gasteiger partial charge < -0.3 is 14.6 Å². The van der Waals surface area contributed by atoms with Gasteiger partial charge in [0.1, 0.15) is 23.4 Å². The summed E-state index contributed by atoms with van der Waals surface area (Å²) in [7, 11) is 1.82. The lowest BCUT2D eigenvalue weighted by molar-refractivity contribution is -0.115. The molecule has 168 valence electrons. The normalized spacial score (nSPS) is 11.7. The molecule has 0 aliphatic carbocycles. The molecule has 0 bridgehead atoms. The van der Waals surface area contributed by atoms with E-state index in [0.717, 1.165) is 5.56 Å². The number of carbonyl (C=O) groups is 1. The Morgan fingerprint density at radius 3 is 2.45 bits per heavy atom. The number of rotatable bonds is 8. The summed E-state index contributed by atoms with van der Waals surface area (Å²) < 4.78 is 20.8. The Balaban J connectivity index is 1.50. The number of benzene rings is 3. The van der Waals surface area contributed by atoms with E-state index in [1.807, 2.05) is 37.4 Å². The Hall–Kier alpha value is -3.36. The standard InChI is InChI=1S/C24H20ClFN4O2S/c1-30-21(15-32-20-13-7-17(25)8-14-20)28-29-24(30)33-22(16-5-3-2-4-6-16)23(31)27-19-11-9-18(26)10-12-19/h2-14,22H,15H2,1H3,(H,27,31)/t22-/m0/s1. The average Bonchev–Trinajstić information content (AvgIpc) is 3.18. The van der Waals surface area contributed by atoms with Crippen molar-refractivity contribution >= 4 is 35.0 Å². The van der Waals surface area contributed by atoms with Gasteiger partial charge in [0.15, 0.2) is 11.0 Å². The van der Waals surface area contributed by atoms with Crippen molar-refractivity contribution in [2.24, 2.45) is 7.05 Å². The molecule has 0 saturated carbocycles. The van der Waals surface area contributed by atoms with Crippen LogP contribution in [0.4, 0.5) is 10.1 Å². The van der Waals surface area contributed by atoms with Crippen LogP contribution in [0.3, 0.4) is 0 Å². The lowest BCUT2D eigenvalue weighted by Gasteiger charge is -2.16. The number of hydrogen-bond acceptors (Lipinski definition) is 5. The molecule has 0 spiro atoms. The quantitative estimate of drug-likeness (QED) is 0.328. The van der Waals surface area contributed by atoms with Crippen LogP contribution in [0.1, 0.15) is 16.6 Å². The highest BCUT2D eigenvalue weighted by Crippen LogP contribution is 2.35. The molecule has 0 fully saturated rings. The molecule has 3 aromatic carbocycles. The van der Waals surface area contributed by atoms with Crippen LogP contribution in [-0.4, -0.2) is 20.7 Å². The summed E-state index contributed by atoms with van der Waals surface area (Å²) in [6.45, 7) is 0.212. The molecule has 0 aliphatic rings. The Morgan fingerprint density at radius 2 is 1.76 bits per heavy atom. The number of carbonyl (C=O) groups excluding carboxylic acids is 1. The Morgan fingerprint density at radius 1 is 1.06 bits per heavy atom. The summed E-state index contributed by atoms with van der Waals surface area (Å²) in [4.78, 5) is 13.1. The van der Waals surface area contributed by atoms with Crippen molar-refractivity contribution in [1.82, 2.24) is 14.8 Å². The first-order chi connectivity index (χ1) is 16.0. The molecule has 1 aromatic heterocycles. The van der Waals surface area contributed by atoms with Crippen molar-refractivity contribution in [3.8, 4) is 5.75 Å². The van der Waals surface area contributed by atoms with Crippen molar-refractivity contribution in [2.75, 3.05) is 5.32 Å². The summed E-state index contributed by atoms with van der Waals surface area (Å²) in [5.74, 6) is 0.657. The van der Waals surface area contributed by atoms with Crippen LogP contribution in [0, 0.1) is 5.82 Å². The Bertz CT molecular complexity index is 1220. The highest BCUT2D eigenvalue weighted by atomic mass is 35.5. The zero-order valence-electron chi connectivity index (χ0n) is 17.6. The third-order valence-corrected chi connectivity index (χ3v) is 6.32. The second-order valence-corrected chi connectivity index (χ2v) is 8.61. The van der Waals surface area contributed by atoms with E-state index in [0.29, 0.717) is 27.4 Å². The fourth-order valence-corrected chi connectivity index (χ4v) is 4.15. The molecule has 4 aromatic rings. The minimum Gasteiger partial charge on any atom is -0.486 e. The lowest BCUT2D eigenvalue weighted by Crippen LogP contribution is -2.19. The molecule has 1 N–H and O–H groups in total. The molecule has 6 nitrogen and oxygen atoms in total. The maximum Gasteiger partial charge on any atom is 0.242 e. The number of nitrogens with zero attached hydrogens (tertiary/aromatic N) is 3. The maximum absolute atomic E-state index is 13.2. The number of halogens is 2. The van der Waals surface area contributed by atoms with E-state index < -0.39 is 5.25 Å². The molecule has 0 saturated heterocycles.